The second-order valence-electron chi connectivity index (χ2n) is 7.41. The van der Waals surface area contributed by atoms with Gasteiger partial charge in [-0.1, -0.05) is 0 Å². The number of hydrogen-bond acceptors (Lipinski definition) is 5. The van der Waals surface area contributed by atoms with Crippen molar-refractivity contribution in [2.45, 2.75) is 32.4 Å². The van der Waals surface area contributed by atoms with E-state index < -0.39 is 11.9 Å². The Labute approximate surface area is 161 Å². The molecular formula is C19H20N4O5. The predicted molar refractivity (Wildman–Crippen MR) is 97.2 cm³/mol. The van der Waals surface area contributed by atoms with E-state index in [1.165, 1.54) is 11.8 Å². The number of carbonyl (C=O) groups excluding carboxylic acids is 5. The molecule has 3 aliphatic heterocycles. The Hall–Kier alpha value is -3.23. The number of hydrogen-bond donors (Lipinski definition) is 2. The Morgan fingerprint density at radius 1 is 1.18 bits per heavy atom. The molecule has 0 radical (unpaired) electrons. The molecule has 9 nitrogen and oxygen atoms in total. The Balaban J connectivity index is 1.43. The highest BCUT2D eigenvalue weighted by Gasteiger charge is 2.39. The SMILES string of the molecule is CC(=O)C1CN(C(=O)Nc2ccc3c(c2)CN(C2CCC(=O)NC2=O)C3=O)C1. The highest BCUT2D eigenvalue weighted by molar-refractivity contribution is 6.05. The Bertz CT molecular complexity index is 906. The summed E-state index contributed by atoms with van der Waals surface area (Å²) in [4.78, 5) is 62.6. The molecule has 0 bridgehead atoms. The fraction of sp³-hybridized carbons (Fsp3) is 0.421. The molecule has 0 spiro atoms. The number of ketones is 1. The van der Waals surface area contributed by atoms with Gasteiger partial charge in [0.1, 0.15) is 11.8 Å². The number of amides is 5. The first kappa shape index (κ1) is 18.1. The van der Waals surface area contributed by atoms with Crippen molar-refractivity contribution in [1.29, 1.82) is 0 Å². The minimum atomic E-state index is -0.666. The van der Waals surface area contributed by atoms with E-state index in [1.54, 1.807) is 23.1 Å². The molecule has 0 aliphatic carbocycles. The molecule has 0 aromatic heterocycles. The predicted octanol–water partition coefficient (Wildman–Crippen LogP) is 0.500. The minimum absolute atomic E-state index is 0.0774. The molecule has 5 amide bonds. The van der Waals surface area contributed by atoms with Crippen LogP contribution < -0.4 is 10.6 Å². The van der Waals surface area contributed by atoms with Crippen molar-refractivity contribution in [1.82, 2.24) is 15.1 Å². The van der Waals surface area contributed by atoms with Gasteiger partial charge in [-0.05, 0) is 37.1 Å². The summed E-state index contributed by atoms with van der Waals surface area (Å²) in [5.74, 6) is -1.05. The lowest BCUT2D eigenvalue weighted by Gasteiger charge is -2.37. The molecule has 1 aromatic rings. The van der Waals surface area contributed by atoms with Crippen LogP contribution in [0.5, 0.6) is 0 Å². The lowest BCUT2D eigenvalue weighted by Crippen LogP contribution is -2.53. The van der Waals surface area contributed by atoms with Crippen LogP contribution in [0.3, 0.4) is 0 Å². The monoisotopic (exact) mass is 384 g/mol. The van der Waals surface area contributed by atoms with Crippen molar-refractivity contribution in [3.63, 3.8) is 0 Å². The van der Waals surface area contributed by atoms with Crippen molar-refractivity contribution in [3.05, 3.63) is 29.3 Å². The zero-order valence-electron chi connectivity index (χ0n) is 15.4. The lowest BCUT2D eigenvalue weighted by atomic mass is 9.97. The van der Waals surface area contributed by atoms with E-state index in [2.05, 4.69) is 10.6 Å². The van der Waals surface area contributed by atoms with E-state index in [0.29, 0.717) is 30.8 Å². The van der Waals surface area contributed by atoms with Crippen LogP contribution in [0.15, 0.2) is 18.2 Å². The molecule has 1 unspecified atom stereocenters. The van der Waals surface area contributed by atoms with E-state index >= 15 is 0 Å². The topological polar surface area (TPSA) is 116 Å². The van der Waals surface area contributed by atoms with Gasteiger partial charge in [0.05, 0.1) is 5.92 Å². The normalized spacial score (nSPS) is 21.9. The van der Waals surface area contributed by atoms with Crippen LogP contribution in [0.1, 0.15) is 35.7 Å². The third-order valence-electron chi connectivity index (χ3n) is 5.52. The van der Waals surface area contributed by atoms with E-state index in [-0.39, 0.29) is 42.5 Å². The molecule has 2 fully saturated rings. The first-order valence-electron chi connectivity index (χ1n) is 9.17. The number of imide groups is 1. The van der Waals surface area contributed by atoms with E-state index in [1.807, 2.05) is 0 Å². The molecule has 1 atom stereocenters. The van der Waals surface area contributed by atoms with Crippen LogP contribution in [0, 0.1) is 5.92 Å². The summed E-state index contributed by atoms with van der Waals surface area (Å²) < 4.78 is 0. The van der Waals surface area contributed by atoms with Gasteiger partial charge in [0.15, 0.2) is 0 Å². The molecule has 28 heavy (non-hydrogen) atoms. The fourth-order valence-corrected chi connectivity index (χ4v) is 3.76. The van der Waals surface area contributed by atoms with Crippen LogP contribution in [0.25, 0.3) is 0 Å². The highest BCUT2D eigenvalue weighted by Crippen LogP contribution is 2.29. The average Bonchev–Trinajstić information content (AvgIpc) is 2.89. The Kier molecular flexibility index (Phi) is 4.37. The highest BCUT2D eigenvalue weighted by atomic mass is 16.2. The molecule has 3 aliphatic rings. The molecule has 9 heteroatoms. The zero-order chi connectivity index (χ0) is 20.0. The average molecular weight is 384 g/mol. The number of likely N-dealkylation sites (tertiary alicyclic amines) is 1. The van der Waals surface area contributed by atoms with Crippen LogP contribution in [0.2, 0.25) is 0 Å². The number of benzene rings is 1. The Morgan fingerprint density at radius 3 is 2.61 bits per heavy atom. The summed E-state index contributed by atoms with van der Waals surface area (Å²) in [5.41, 5.74) is 1.76. The largest absolute Gasteiger partial charge is 0.323 e. The summed E-state index contributed by atoms with van der Waals surface area (Å²) in [5, 5.41) is 5.05. The smallest absolute Gasteiger partial charge is 0.321 e. The first-order valence-corrected chi connectivity index (χ1v) is 9.17. The van der Waals surface area contributed by atoms with E-state index in [9.17, 15) is 24.0 Å². The number of Topliss-reactive ketones (excluding diaryl/α,β-unsaturated/α-hetero) is 1. The van der Waals surface area contributed by atoms with Crippen molar-refractivity contribution >= 4 is 35.2 Å². The fourth-order valence-electron chi connectivity index (χ4n) is 3.76. The number of piperidine rings is 1. The molecule has 2 N–H and O–H groups in total. The Morgan fingerprint density at radius 2 is 1.93 bits per heavy atom. The van der Waals surface area contributed by atoms with Crippen molar-refractivity contribution < 1.29 is 24.0 Å². The molecule has 2 saturated heterocycles. The van der Waals surface area contributed by atoms with Gasteiger partial charge < -0.3 is 15.1 Å². The third-order valence-corrected chi connectivity index (χ3v) is 5.52. The van der Waals surface area contributed by atoms with Crippen molar-refractivity contribution in [2.75, 3.05) is 18.4 Å². The van der Waals surface area contributed by atoms with Gasteiger partial charge in [0.2, 0.25) is 11.8 Å². The maximum absolute atomic E-state index is 12.7. The van der Waals surface area contributed by atoms with Crippen LogP contribution >= 0.6 is 0 Å². The molecule has 3 heterocycles. The van der Waals surface area contributed by atoms with Gasteiger partial charge in [0, 0.05) is 37.3 Å². The molecular weight excluding hydrogens is 364 g/mol. The summed E-state index contributed by atoms with van der Waals surface area (Å²) in [6, 6.07) is 4.04. The molecule has 4 rings (SSSR count). The second-order valence-corrected chi connectivity index (χ2v) is 7.41. The summed E-state index contributed by atoms with van der Waals surface area (Å²) in [7, 11) is 0. The van der Waals surface area contributed by atoms with Crippen molar-refractivity contribution in [2.24, 2.45) is 5.92 Å². The summed E-state index contributed by atoms with van der Waals surface area (Å²) in [6.07, 6.45) is 0.509. The quantitative estimate of drug-likeness (QED) is 0.737. The maximum atomic E-state index is 12.7. The van der Waals surface area contributed by atoms with Crippen LogP contribution in [-0.2, 0) is 20.9 Å². The summed E-state index contributed by atoms with van der Waals surface area (Å²) >= 11 is 0. The number of nitrogens with one attached hydrogen (secondary N) is 2. The zero-order valence-corrected chi connectivity index (χ0v) is 15.4. The second kappa shape index (κ2) is 6.74. The van der Waals surface area contributed by atoms with Gasteiger partial charge in [0.25, 0.3) is 5.91 Å². The van der Waals surface area contributed by atoms with E-state index in [0.717, 1.165) is 5.56 Å². The molecule has 0 saturated carbocycles. The summed E-state index contributed by atoms with van der Waals surface area (Å²) in [6.45, 7) is 2.59. The number of anilines is 1. The first-order chi connectivity index (χ1) is 13.3. The number of fused-ring (bicyclic) bond motifs is 1. The van der Waals surface area contributed by atoms with Gasteiger partial charge >= 0.3 is 6.03 Å². The number of nitrogens with zero attached hydrogens (tertiary/aromatic N) is 2. The lowest BCUT2D eigenvalue weighted by molar-refractivity contribution is -0.137. The standard InChI is InChI=1S/C19H20N4O5/c1-10(24)12-7-22(8-12)19(28)20-13-2-3-14-11(6-13)9-23(18(14)27)15-4-5-16(25)21-17(15)26/h2-3,6,12,15H,4-5,7-9H2,1H3,(H,20,28)(H,21,25,26). The maximum Gasteiger partial charge on any atom is 0.321 e. The third kappa shape index (κ3) is 3.12. The van der Waals surface area contributed by atoms with Crippen LogP contribution in [-0.4, -0.2) is 58.5 Å². The van der Waals surface area contributed by atoms with Crippen molar-refractivity contribution in [3.8, 4) is 0 Å². The molecule has 146 valence electrons. The van der Waals surface area contributed by atoms with Gasteiger partial charge in [-0.2, -0.15) is 0 Å². The number of carbonyl (C=O) groups is 5. The van der Waals surface area contributed by atoms with E-state index in [4.69, 9.17) is 0 Å². The van der Waals surface area contributed by atoms with Gasteiger partial charge in [-0.25, -0.2) is 4.79 Å². The van der Waals surface area contributed by atoms with Gasteiger partial charge in [-0.15, -0.1) is 0 Å². The minimum Gasteiger partial charge on any atom is -0.323 e. The number of rotatable bonds is 3. The van der Waals surface area contributed by atoms with Gasteiger partial charge in [-0.3, -0.25) is 24.5 Å². The van der Waals surface area contributed by atoms with Crippen LogP contribution in [0.4, 0.5) is 10.5 Å². The molecule has 1 aromatic carbocycles. The number of urea groups is 1.